The van der Waals surface area contributed by atoms with Gasteiger partial charge >= 0.3 is 0 Å². The van der Waals surface area contributed by atoms with Crippen molar-refractivity contribution in [2.24, 2.45) is 0 Å². The zero-order valence-corrected chi connectivity index (χ0v) is 24.7. The monoisotopic (exact) mass is 551 g/mol. The van der Waals surface area contributed by atoms with E-state index in [1.807, 2.05) is 50.4 Å². The van der Waals surface area contributed by atoms with Crippen LogP contribution in [0.1, 0.15) is 64.8 Å². The summed E-state index contributed by atoms with van der Waals surface area (Å²) in [7, 11) is 0. The molecule has 0 spiro atoms. The topological polar surface area (TPSA) is 62.2 Å². The number of nitrogens with zero attached hydrogens (tertiary/aromatic N) is 3. The number of pyridine rings is 1. The molecule has 4 aromatic rings. The van der Waals surface area contributed by atoms with Crippen LogP contribution in [0.25, 0.3) is 5.69 Å². The van der Waals surface area contributed by atoms with E-state index in [0.717, 1.165) is 28.9 Å². The molecule has 0 bridgehead atoms. The van der Waals surface area contributed by atoms with Gasteiger partial charge in [0.2, 0.25) is 5.91 Å². The van der Waals surface area contributed by atoms with Crippen LogP contribution in [0.4, 0.5) is 5.69 Å². The highest BCUT2D eigenvalue weighted by molar-refractivity contribution is 7.80. The molecule has 0 unspecified atom stereocenters. The molecule has 1 aliphatic heterocycles. The Morgan fingerprint density at radius 2 is 1.80 bits per heavy atom. The van der Waals surface area contributed by atoms with E-state index in [-0.39, 0.29) is 18.0 Å². The normalized spacial score (nSPS) is 16.7. The molecule has 5 rings (SSSR count). The van der Waals surface area contributed by atoms with Gasteiger partial charge in [0.15, 0.2) is 5.11 Å². The van der Waals surface area contributed by atoms with Gasteiger partial charge in [-0.25, -0.2) is 0 Å². The number of carbonyl (C=O) groups is 1. The molecule has 206 valence electrons. The van der Waals surface area contributed by atoms with Gasteiger partial charge < -0.3 is 20.1 Å². The van der Waals surface area contributed by atoms with Crippen molar-refractivity contribution in [2.45, 2.75) is 59.5 Å². The van der Waals surface area contributed by atoms with Gasteiger partial charge in [0.25, 0.3) is 0 Å². The standard InChI is InChI=1S/C33H37N5OS/c1-6-25-11-7-8-13-29(25)38-23(4)20-26(24(38)5)32-31(27-12-9-10-17-34-27)36-33(40)37(32)18-16-30(39)35-28-19-21(2)14-15-22(28)3/h7-15,17,19-20,31-32H,6,16,18H2,1-5H3,(H,35,39)(H,36,40)/t31-,32-/m0/s1. The lowest BCUT2D eigenvalue weighted by Gasteiger charge is -2.28. The first-order valence-corrected chi connectivity index (χ1v) is 14.3. The predicted octanol–water partition coefficient (Wildman–Crippen LogP) is 6.67. The van der Waals surface area contributed by atoms with E-state index < -0.39 is 0 Å². The van der Waals surface area contributed by atoms with Gasteiger partial charge in [0, 0.05) is 41.9 Å². The van der Waals surface area contributed by atoms with Crippen LogP contribution in [0.5, 0.6) is 0 Å². The third kappa shape index (κ3) is 5.39. The average molecular weight is 552 g/mol. The fraction of sp³-hybridized carbons (Fsp3) is 0.303. The molecule has 2 aromatic heterocycles. The fourth-order valence-corrected chi connectivity index (χ4v) is 6.11. The Bertz CT molecular complexity index is 1540. The van der Waals surface area contributed by atoms with Crippen molar-refractivity contribution < 1.29 is 4.79 Å². The Morgan fingerprint density at radius 3 is 2.55 bits per heavy atom. The Balaban J connectivity index is 1.48. The van der Waals surface area contributed by atoms with Crippen LogP contribution in [-0.2, 0) is 11.2 Å². The third-order valence-electron chi connectivity index (χ3n) is 7.85. The second-order valence-electron chi connectivity index (χ2n) is 10.6. The Kier molecular flexibility index (Phi) is 8.03. The smallest absolute Gasteiger partial charge is 0.226 e. The van der Waals surface area contributed by atoms with Crippen LogP contribution in [-0.4, -0.2) is 32.0 Å². The molecule has 0 radical (unpaired) electrons. The molecule has 2 N–H and O–H groups in total. The van der Waals surface area contributed by atoms with Crippen LogP contribution < -0.4 is 10.6 Å². The minimum absolute atomic E-state index is 0.0288. The van der Waals surface area contributed by atoms with Crippen LogP contribution in [0.15, 0.2) is 72.9 Å². The molecule has 2 aromatic carbocycles. The fourth-order valence-electron chi connectivity index (χ4n) is 5.78. The van der Waals surface area contributed by atoms with Crippen LogP contribution in [0, 0.1) is 27.7 Å². The van der Waals surface area contributed by atoms with Gasteiger partial charge in [-0.1, -0.05) is 43.3 Å². The van der Waals surface area contributed by atoms with Gasteiger partial charge in [-0.15, -0.1) is 0 Å². The van der Waals surface area contributed by atoms with Crippen molar-refractivity contribution in [2.75, 3.05) is 11.9 Å². The summed E-state index contributed by atoms with van der Waals surface area (Å²) >= 11 is 5.88. The lowest BCUT2D eigenvalue weighted by atomic mass is 9.96. The molecule has 6 nitrogen and oxygen atoms in total. The second-order valence-corrected chi connectivity index (χ2v) is 11.0. The van der Waals surface area contributed by atoms with Gasteiger partial charge in [-0.2, -0.15) is 0 Å². The molecular weight excluding hydrogens is 514 g/mol. The van der Waals surface area contributed by atoms with Crippen molar-refractivity contribution in [1.29, 1.82) is 0 Å². The first kappa shape index (κ1) is 27.6. The van der Waals surface area contributed by atoms with Crippen LogP contribution in [0.2, 0.25) is 0 Å². The van der Waals surface area contributed by atoms with E-state index in [4.69, 9.17) is 12.2 Å². The van der Waals surface area contributed by atoms with Gasteiger partial charge in [-0.3, -0.25) is 9.78 Å². The maximum atomic E-state index is 13.1. The van der Waals surface area contributed by atoms with E-state index >= 15 is 0 Å². The summed E-state index contributed by atoms with van der Waals surface area (Å²) in [5.74, 6) is -0.0288. The van der Waals surface area contributed by atoms with Gasteiger partial charge in [-0.05, 0) is 98.9 Å². The zero-order valence-electron chi connectivity index (χ0n) is 23.9. The highest BCUT2D eigenvalue weighted by Crippen LogP contribution is 2.41. The third-order valence-corrected chi connectivity index (χ3v) is 8.20. The summed E-state index contributed by atoms with van der Waals surface area (Å²) in [6, 6.07) is 22.7. The maximum absolute atomic E-state index is 13.1. The molecule has 1 amide bonds. The van der Waals surface area contributed by atoms with E-state index in [0.29, 0.717) is 18.1 Å². The van der Waals surface area contributed by atoms with Crippen molar-refractivity contribution >= 4 is 28.9 Å². The molecular formula is C33H37N5OS. The maximum Gasteiger partial charge on any atom is 0.226 e. The lowest BCUT2D eigenvalue weighted by molar-refractivity contribution is -0.116. The number of aryl methyl sites for hydroxylation is 4. The van der Waals surface area contributed by atoms with E-state index in [2.05, 4.69) is 82.3 Å². The number of amides is 1. The summed E-state index contributed by atoms with van der Waals surface area (Å²) in [6.45, 7) is 11.1. The average Bonchev–Trinajstić information content (AvgIpc) is 3.44. The lowest BCUT2D eigenvalue weighted by Crippen LogP contribution is -2.33. The molecule has 1 aliphatic rings. The molecule has 2 atom stereocenters. The minimum atomic E-state index is -0.133. The van der Waals surface area contributed by atoms with E-state index in [9.17, 15) is 4.79 Å². The van der Waals surface area contributed by atoms with Crippen molar-refractivity contribution in [3.63, 3.8) is 0 Å². The van der Waals surface area contributed by atoms with E-state index in [1.54, 1.807) is 0 Å². The van der Waals surface area contributed by atoms with Crippen molar-refractivity contribution in [1.82, 2.24) is 19.8 Å². The summed E-state index contributed by atoms with van der Waals surface area (Å²) in [4.78, 5) is 19.9. The highest BCUT2D eigenvalue weighted by atomic mass is 32.1. The Morgan fingerprint density at radius 1 is 1.02 bits per heavy atom. The van der Waals surface area contributed by atoms with Gasteiger partial charge in [0.1, 0.15) is 0 Å². The molecule has 1 saturated heterocycles. The summed E-state index contributed by atoms with van der Waals surface area (Å²) in [6.07, 6.45) is 3.09. The Labute approximate surface area is 242 Å². The SMILES string of the molecule is CCc1ccccc1-n1c(C)cc([C@H]2[C@H](c3ccccn3)NC(=S)N2CCC(=O)Nc2cc(C)ccc2C)c1C. The number of nitrogens with one attached hydrogen (secondary N) is 2. The number of benzene rings is 2. The minimum Gasteiger partial charge on any atom is -0.352 e. The number of hydrogen-bond acceptors (Lipinski definition) is 3. The summed E-state index contributed by atoms with van der Waals surface area (Å²) in [5, 5.41) is 7.27. The molecule has 7 heteroatoms. The van der Waals surface area contributed by atoms with Crippen molar-refractivity contribution in [3.8, 4) is 5.69 Å². The van der Waals surface area contributed by atoms with Gasteiger partial charge in [0.05, 0.1) is 17.8 Å². The zero-order chi connectivity index (χ0) is 28.4. The van der Waals surface area contributed by atoms with Crippen LogP contribution in [0.3, 0.4) is 0 Å². The first-order valence-electron chi connectivity index (χ1n) is 13.9. The molecule has 40 heavy (non-hydrogen) atoms. The second kappa shape index (κ2) is 11.6. The van der Waals surface area contributed by atoms with E-state index in [1.165, 1.54) is 28.2 Å². The molecule has 3 heterocycles. The first-order chi connectivity index (χ1) is 19.3. The number of thiocarbonyl (C=S) groups is 1. The molecule has 0 aliphatic carbocycles. The number of rotatable bonds is 8. The summed E-state index contributed by atoms with van der Waals surface area (Å²) in [5.41, 5.74) is 9.96. The van der Waals surface area contributed by atoms with Crippen LogP contribution >= 0.6 is 12.2 Å². The number of carbonyl (C=O) groups excluding carboxylic acids is 1. The largest absolute Gasteiger partial charge is 0.352 e. The quantitative estimate of drug-likeness (QED) is 0.240. The molecule has 1 fully saturated rings. The molecule has 0 saturated carbocycles. The summed E-state index contributed by atoms with van der Waals surface area (Å²) < 4.78 is 2.34. The highest BCUT2D eigenvalue weighted by Gasteiger charge is 2.41. The number of hydrogen-bond donors (Lipinski definition) is 2. The number of anilines is 1. The predicted molar refractivity (Wildman–Crippen MR) is 166 cm³/mol. The Hall–Kier alpha value is -3.97. The number of aromatic nitrogens is 2. The number of para-hydroxylation sites is 1. The van der Waals surface area contributed by atoms with Crippen molar-refractivity contribution in [3.05, 3.63) is 112 Å².